The number of rotatable bonds is 4. The smallest absolute Gasteiger partial charge is 0.337 e. The fraction of sp³-hybridized carbons (Fsp3) is 0.462. The molecule has 7 heteroatoms. The molecule has 0 unspecified atom stereocenters. The van der Waals surface area contributed by atoms with Gasteiger partial charge in [0.05, 0.1) is 24.0 Å². The van der Waals surface area contributed by atoms with Gasteiger partial charge in [-0.2, -0.15) is 0 Å². The number of nitrogens with zero attached hydrogens (tertiary/aromatic N) is 3. The lowest BCUT2D eigenvalue weighted by Crippen LogP contribution is -2.37. The summed E-state index contributed by atoms with van der Waals surface area (Å²) in [6.45, 7) is 1.76. The van der Waals surface area contributed by atoms with Gasteiger partial charge in [-0.05, 0) is 18.9 Å². The van der Waals surface area contributed by atoms with E-state index >= 15 is 0 Å². The van der Waals surface area contributed by atoms with Gasteiger partial charge in [0.15, 0.2) is 0 Å². The van der Waals surface area contributed by atoms with E-state index in [0.717, 1.165) is 25.9 Å². The Balaban J connectivity index is 2.08. The highest BCUT2D eigenvalue weighted by Gasteiger charge is 2.20. The molecule has 0 atom stereocenters. The number of carboxylic acids is 1. The molecular weight excluding hydrogens is 260 g/mol. The van der Waals surface area contributed by atoms with Crippen molar-refractivity contribution in [2.24, 2.45) is 0 Å². The van der Waals surface area contributed by atoms with Crippen LogP contribution in [0.1, 0.15) is 23.2 Å². The predicted molar refractivity (Wildman–Crippen MR) is 74.7 cm³/mol. The SMILES string of the molecule is CN(CC(=O)N1CCCC1)c1cc(C(=O)O)c(N)cn1. The number of hydrogen-bond donors (Lipinski definition) is 2. The van der Waals surface area contributed by atoms with Gasteiger partial charge in [-0.25, -0.2) is 9.78 Å². The Morgan fingerprint density at radius 2 is 2.10 bits per heavy atom. The van der Waals surface area contributed by atoms with Crippen LogP contribution in [-0.4, -0.2) is 53.5 Å². The maximum absolute atomic E-state index is 12.0. The Hall–Kier alpha value is -2.31. The maximum atomic E-state index is 12.0. The summed E-state index contributed by atoms with van der Waals surface area (Å²) in [5, 5.41) is 9.02. The number of nitrogen functional groups attached to an aromatic ring is 1. The summed E-state index contributed by atoms with van der Waals surface area (Å²) >= 11 is 0. The molecular formula is C13H18N4O3. The summed E-state index contributed by atoms with van der Waals surface area (Å²) in [7, 11) is 1.71. The van der Waals surface area contributed by atoms with Gasteiger partial charge >= 0.3 is 5.97 Å². The fourth-order valence-corrected chi connectivity index (χ4v) is 2.20. The van der Waals surface area contributed by atoms with Crippen molar-refractivity contribution >= 4 is 23.4 Å². The summed E-state index contributed by atoms with van der Waals surface area (Å²) in [4.78, 5) is 30.6. The zero-order valence-corrected chi connectivity index (χ0v) is 11.4. The van der Waals surface area contributed by atoms with E-state index in [-0.39, 0.29) is 23.7 Å². The highest BCUT2D eigenvalue weighted by Crippen LogP contribution is 2.18. The van der Waals surface area contributed by atoms with Crippen LogP contribution >= 0.6 is 0 Å². The third-order valence-corrected chi connectivity index (χ3v) is 3.37. The molecule has 1 aliphatic rings. The second-order valence-electron chi connectivity index (χ2n) is 4.88. The van der Waals surface area contributed by atoms with Crippen LogP contribution in [0.25, 0.3) is 0 Å². The second kappa shape index (κ2) is 5.77. The molecule has 3 N–H and O–H groups in total. The van der Waals surface area contributed by atoms with Gasteiger partial charge in [0.2, 0.25) is 5.91 Å². The van der Waals surface area contributed by atoms with Gasteiger partial charge in [0.25, 0.3) is 0 Å². The van der Waals surface area contributed by atoms with E-state index in [1.54, 1.807) is 11.9 Å². The molecule has 2 rings (SSSR count). The number of aromatic nitrogens is 1. The molecule has 0 radical (unpaired) electrons. The molecule has 0 bridgehead atoms. The molecule has 20 heavy (non-hydrogen) atoms. The number of amides is 1. The van der Waals surface area contributed by atoms with Gasteiger partial charge < -0.3 is 20.6 Å². The van der Waals surface area contributed by atoms with Crippen molar-refractivity contribution in [2.75, 3.05) is 37.3 Å². The predicted octanol–water partition coefficient (Wildman–Crippen LogP) is 0.421. The average molecular weight is 278 g/mol. The minimum Gasteiger partial charge on any atom is -0.478 e. The normalized spacial score (nSPS) is 14.3. The molecule has 0 spiro atoms. The summed E-state index contributed by atoms with van der Waals surface area (Å²) in [6, 6.07) is 1.38. The number of carboxylic acid groups (broad SMARTS) is 1. The van der Waals surface area contributed by atoms with E-state index in [2.05, 4.69) is 4.98 Å². The monoisotopic (exact) mass is 278 g/mol. The standard InChI is InChI=1S/C13H18N4O3/c1-16(8-12(18)17-4-2-3-5-17)11-6-9(13(19)20)10(14)7-15-11/h6-7H,2-5,8,14H2,1H3,(H,19,20). The Bertz CT molecular complexity index is 526. The van der Waals surface area contributed by atoms with Crippen LogP contribution in [0.15, 0.2) is 12.3 Å². The van der Waals surface area contributed by atoms with Crippen molar-refractivity contribution in [3.63, 3.8) is 0 Å². The van der Waals surface area contributed by atoms with E-state index in [1.165, 1.54) is 12.3 Å². The van der Waals surface area contributed by atoms with Gasteiger partial charge in [-0.15, -0.1) is 0 Å². The minimum absolute atomic E-state index is 0.00419. The lowest BCUT2D eigenvalue weighted by atomic mass is 10.2. The lowest BCUT2D eigenvalue weighted by Gasteiger charge is -2.22. The molecule has 0 aromatic carbocycles. The van der Waals surface area contributed by atoms with Crippen molar-refractivity contribution < 1.29 is 14.7 Å². The van der Waals surface area contributed by atoms with Crippen LogP contribution in [0, 0.1) is 0 Å². The maximum Gasteiger partial charge on any atom is 0.337 e. The molecule has 7 nitrogen and oxygen atoms in total. The number of pyridine rings is 1. The first kappa shape index (κ1) is 14.1. The number of likely N-dealkylation sites (N-methyl/N-ethyl adjacent to an activating group) is 1. The number of carbonyl (C=O) groups excluding carboxylic acids is 1. The summed E-state index contributed by atoms with van der Waals surface area (Å²) in [5.74, 6) is -0.657. The lowest BCUT2D eigenvalue weighted by molar-refractivity contribution is -0.128. The molecule has 1 fully saturated rings. The van der Waals surface area contributed by atoms with E-state index in [0.29, 0.717) is 5.82 Å². The molecule has 108 valence electrons. The first-order valence-electron chi connectivity index (χ1n) is 6.47. The molecule has 1 aromatic heterocycles. The topological polar surface area (TPSA) is 99.8 Å². The van der Waals surface area contributed by atoms with Crippen LogP contribution in [-0.2, 0) is 4.79 Å². The molecule has 1 saturated heterocycles. The van der Waals surface area contributed by atoms with Gasteiger partial charge in [0, 0.05) is 20.1 Å². The van der Waals surface area contributed by atoms with Gasteiger partial charge in [-0.3, -0.25) is 4.79 Å². The van der Waals surface area contributed by atoms with Crippen molar-refractivity contribution in [1.29, 1.82) is 0 Å². The Morgan fingerprint density at radius 3 is 2.70 bits per heavy atom. The summed E-state index contributed by atoms with van der Waals surface area (Å²) in [6.07, 6.45) is 3.38. The zero-order chi connectivity index (χ0) is 14.7. The molecule has 0 aliphatic carbocycles. The van der Waals surface area contributed by atoms with E-state index < -0.39 is 5.97 Å². The average Bonchev–Trinajstić information content (AvgIpc) is 2.92. The van der Waals surface area contributed by atoms with E-state index in [4.69, 9.17) is 10.8 Å². The van der Waals surface area contributed by atoms with Crippen LogP contribution in [0.3, 0.4) is 0 Å². The van der Waals surface area contributed by atoms with Crippen molar-refractivity contribution in [3.8, 4) is 0 Å². The van der Waals surface area contributed by atoms with Crippen molar-refractivity contribution in [1.82, 2.24) is 9.88 Å². The van der Waals surface area contributed by atoms with Crippen molar-refractivity contribution in [3.05, 3.63) is 17.8 Å². The molecule has 1 amide bonds. The summed E-state index contributed by atoms with van der Waals surface area (Å²) in [5.41, 5.74) is 5.66. The number of anilines is 2. The number of carbonyl (C=O) groups is 2. The number of likely N-dealkylation sites (tertiary alicyclic amines) is 1. The first-order chi connectivity index (χ1) is 9.49. The van der Waals surface area contributed by atoms with Crippen LogP contribution < -0.4 is 10.6 Å². The minimum atomic E-state index is -1.11. The molecule has 1 aliphatic heterocycles. The highest BCUT2D eigenvalue weighted by atomic mass is 16.4. The number of hydrogen-bond acceptors (Lipinski definition) is 5. The molecule has 0 saturated carbocycles. The van der Waals surface area contributed by atoms with Gasteiger partial charge in [0.1, 0.15) is 5.82 Å². The zero-order valence-electron chi connectivity index (χ0n) is 11.4. The Kier molecular flexibility index (Phi) is 4.07. The Labute approximate surface area is 117 Å². The van der Waals surface area contributed by atoms with E-state index in [1.807, 2.05) is 4.90 Å². The van der Waals surface area contributed by atoms with Crippen LogP contribution in [0.2, 0.25) is 0 Å². The quantitative estimate of drug-likeness (QED) is 0.828. The number of aromatic carboxylic acids is 1. The third kappa shape index (κ3) is 2.98. The fourth-order valence-electron chi connectivity index (χ4n) is 2.20. The number of nitrogens with two attached hydrogens (primary N) is 1. The van der Waals surface area contributed by atoms with Gasteiger partial charge in [-0.1, -0.05) is 0 Å². The molecule has 2 heterocycles. The van der Waals surface area contributed by atoms with Crippen LogP contribution in [0.5, 0.6) is 0 Å². The largest absolute Gasteiger partial charge is 0.478 e. The summed E-state index contributed by atoms with van der Waals surface area (Å²) < 4.78 is 0. The first-order valence-corrected chi connectivity index (χ1v) is 6.47. The second-order valence-corrected chi connectivity index (χ2v) is 4.88. The third-order valence-electron chi connectivity index (χ3n) is 3.37. The Morgan fingerprint density at radius 1 is 1.45 bits per heavy atom. The van der Waals surface area contributed by atoms with Crippen molar-refractivity contribution in [2.45, 2.75) is 12.8 Å². The van der Waals surface area contributed by atoms with Crippen LogP contribution in [0.4, 0.5) is 11.5 Å². The highest BCUT2D eigenvalue weighted by molar-refractivity contribution is 5.94. The van der Waals surface area contributed by atoms with E-state index in [9.17, 15) is 9.59 Å². The molecule has 1 aromatic rings.